The molecule has 2 aromatic rings. The first kappa shape index (κ1) is 15.5. The molecule has 0 unspecified atom stereocenters. The first-order valence-electron chi connectivity index (χ1n) is 6.40. The Morgan fingerprint density at radius 3 is 2.24 bits per heavy atom. The van der Waals surface area contributed by atoms with Crippen molar-refractivity contribution in [1.29, 1.82) is 5.41 Å². The van der Waals surface area contributed by atoms with Crippen LogP contribution < -0.4 is 0 Å². The topological polar surface area (TPSA) is 62.5 Å². The van der Waals surface area contributed by atoms with E-state index in [9.17, 15) is 0 Å². The molecule has 0 amide bonds. The highest BCUT2D eigenvalue weighted by molar-refractivity contribution is 14.1. The van der Waals surface area contributed by atoms with Crippen LogP contribution in [0.15, 0.2) is 42.9 Å². The Labute approximate surface area is 137 Å². The van der Waals surface area contributed by atoms with Gasteiger partial charge in [0.15, 0.2) is 5.82 Å². The summed E-state index contributed by atoms with van der Waals surface area (Å²) in [6, 6.07) is 4.01. The average molecular weight is 390 g/mol. The predicted octanol–water partition coefficient (Wildman–Crippen LogP) is 4.00. The molecular weight excluding hydrogens is 375 g/mol. The van der Waals surface area contributed by atoms with Gasteiger partial charge in [-0.15, -0.1) is 0 Å². The predicted molar refractivity (Wildman–Crippen MR) is 94.5 cm³/mol. The Bertz CT molecular complexity index is 685. The fourth-order valence-electron chi connectivity index (χ4n) is 1.59. The van der Waals surface area contributed by atoms with E-state index >= 15 is 0 Å². The van der Waals surface area contributed by atoms with E-state index in [2.05, 4.69) is 37.5 Å². The summed E-state index contributed by atoms with van der Waals surface area (Å²) in [5, 5.41) is 7.51. The van der Waals surface area contributed by atoms with Crippen molar-refractivity contribution in [2.24, 2.45) is 0 Å². The van der Waals surface area contributed by atoms with Crippen molar-refractivity contribution in [3.63, 3.8) is 0 Å². The third-order valence-corrected chi connectivity index (χ3v) is 3.67. The number of aryl methyl sites for hydroxylation is 2. The first-order chi connectivity index (χ1) is 10.1. The minimum absolute atomic E-state index is 0.549. The van der Waals surface area contributed by atoms with Crippen LogP contribution in [0.3, 0.4) is 0 Å². The van der Waals surface area contributed by atoms with Gasteiger partial charge in [-0.05, 0) is 65.8 Å². The Balaban J connectivity index is 2.27. The summed E-state index contributed by atoms with van der Waals surface area (Å²) >= 11 is 2.23. The zero-order valence-corrected chi connectivity index (χ0v) is 14.0. The Hall–Kier alpha value is -1.89. The van der Waals surface area contributed by atoms with Gasteiger partial charge < -0.3 is 5.41 Å². The molecule has 0 aliphatic rings. The molecule has 1 N–H and O–H groups in total. The Kier molecular flexibility index (Phi) is 5.32. The summed E-state index contributed by atoms with van der Waals surface area (Å²) in [5.74, 6) is 0.549. The first-order valence-corrected chi connectivity index (χ1v) is 7.48. The molecule has 0 atom stereocenters. The maximum absolute atomic E-state index is 7.51. The summed E-state index contributed by atoms with van der Waals surface area (Å²) in [7, 11) is 0. The molecule has 0 aliphatic carbocycles. The van der Waals surface area contributed by atoms with Crippen LogP contribution >= 0.6 is 22.6 Å². The molecule has 0 saturated heterocycles. The third-order valence-electron chi connectivity index (χ3n) is 2.76. The second-order valence-corrected chi connectivity index (χ2v) is 5.75. The molecule has 0 radical (unpaired) electrons. The van der Waals surface area contributed by atoms with E-state index in [-0.39, 0.29) is 0 Å². The van der Waals surface area contributed by atoms with E-state index in [4.69, 9.17) is 5.41 Å². The van der Waals surface area contributed by atoms with Gasteiger partial charge in [-0.25, -0.2) is 9.97 Å². The van der Waals surface area contributed by atoms with E-state index in [0.717, 1.165) is 20.4 Å². The molecule has 2 aromatic heterocycles. The fraction of sp³-hybridized carbons (Fsp3) is 0.125. The maximum Gasteiger partial charge on any atom is 0.160 e. The molecule has 4 nitrogen and oxygen atoms in total. The third kappa shape index (κ3) is 4.29. The lowest BCUT2D eigenvalue weighted by Crippen LogP contribution is -1.94. The Morgan fingerprint density at radius 2 is 1.67 bits per heavy atom. The molecule has 2 rings (SSSR count). The quantitative estimate of drug-likeness (QED) is 0.488. The molecule has 0 bridgehead atoms. The minimum Gasteiger partial charge on any atom is -0.308 e. The fourth-order valence-corrected chi connectivity index (χ4v) is 2.09. The van der Waals surface area contributed by atoms with Crippen LogP contribution in [0.2, 0.25) is 0 Å². The highest BCUT2D eigenvalue weighted by atomic mass is 127. The van der Waals surface area contributed by atoms with Crippen LogP contribution in [0.25, 0.3) is 9.15 Å². The van der Waals surface area contributed by atoms with Crippen molar-refractivity contribution in [2.45, 2.75) is 13.8 Å². The summed E-state index contributed by atoms with van der Waals surface area (Å²) < 4.78 is 0.999. The van der Waals surface area contributed by atoms with Crippen LogP contribution in [-0.4, -0.2) is 21.2 Å². The molecule has 0 fully saturated rings. The summed E-state index contributed by atoms with van der Waals surface area (Å²) in [5.41, 5.74) is 3.70. The van der Waals surface area contributed by atoms with Gasteiger partial charge in [0.25, 0.3) is 0 Å². The summed E-state index contributed by atoms with van der Waals surface area (Å²) in [6.45, 7) is 3.94. The van der Waals surface area contributed by atoms with E-state index in [1.165, 1.54) is 6.21 Å². The normalized spacial score (nSPS) is 12.3. The van der Waals surface area contributed by atoms with Crippen LogP contribution in [0.1, 0.15) is 22.6 Å². The molecule has 0 saturated carbocycles. The van der Waals surface area contributed by atoms with E-state index in [0.29, 0.717) is 11.4 Å². The average Bonchev–Trinajstić information content (AvgIpc) is 2.50. The van der Waals surface area contributed by atoms with Gasteiger partial charge in [0.2, 0.25) is 0 Å². The number of hydrogen-bond acceptors (Lipinski definition) is 4. The Morgan fingerprint density at radius 1 is 1.00 bits per heavy atom. The molecule has 0 spiro atoms. The zero-order valence-electron chi connectivity index (χ0n) is 11.8. The molecular formula is C16H15IN4. The van der Waals surface area contributed by atoms with Gasteiger partial charge in [0, 0.05) is 34.0 Å². The van der Waals surface area contributed by atoms with E-state index < -0.39 is 0 Å². The van der Waals surface area contributed by atoms with Crippen LogP contribution in [-0.2, 0) is 0 Å². The highest BCUT2D eigenvalue weighted by Crippen LogP contribution is 2.20. The number of aromatic nitrogens is 3. The van der Waals surface area contributed by atoms with Gasteiger partial charge in [0.05, 0.1) is 5.69 Å². The number of pyridine rings is 1. The van der Waals surface area contributed by atoms with Crippen LogP contribution in [0.4, 0.5) is 0 Å². The number of halogens is 1. The standard InChI is InChI=1S/C16H15IN4/c1-11-3-6-15(19-8-11)14(17)5-4-13(7-18)16-20-9-12(2)10-21-16/h3-10,18H,1-2H3/b13-4+,14-5-,18-7?. The summed E-state index contributed by atoms with van der Waals surface area (Å²) in [4.78, 5) is 12.8. The van der Waals surface area contributed by atoms with Crippen LogP contribution in [0, 0.1) is 19.3 Å². The number of nitrogens with one attached hydrogen (secondary N) is 1. The minimum atomic E-state index is 0.549. The van der Waals surface area contributed by atoms with Crippen molar-refractivity contribution >= 4 is 38.0 Å². The van der Waals surface area contributed by atoms with Gasteiger partial charge in [-0.2, -0.15) is 0 Å². The smallest absolute Gasteiger partial charge is 0.160 e. The summed E-state index contributed by atoms with van der Waals surface area (Å²) in [6.07, 6.45) is 10.3. The zero-order chi connectivity index (χ0) is 15.2. The van der Waals surface area contributed by atoms with Gasteiger partial charge in [-0.3, -0.25) is 4.98 Å². The van der Waals surface area contributed by atoms with E-state index in [1.807, 2.05) is 44.3 Å². The largest absolute Gasteiger partial charge is 0.308 e. The maximum atomic E-state index is 7.51. The second kappa shape index (κ2) is 7.21. The molecule has 0 aliphatic heterocycles. The monoisotopic (exact) mass is 390 g/mol. The van der Waals surface area contributed by atoms with Crippen LogP contribution in [0.5, 0.6) is 0 Å². The number of hydrogen-bond donors (Lipinski definition) is 1. The van der Waals surface area contributed by atoms with Crippen molar-refractivity contribution in [1.82, 2.24) is 15.0 Å². The molecule has 5 heteroatoms. The van der Waals surface area contributed by atoms with Crippen molar-refractivity contribution in [2.75, 3.05) is 0 Å². The lowest BCUT2D eigenvalue weighted by atomic mass is 10.2. The number of nitrogens with zero attached hydrogens (tertiary/aromatic N) is 3. The lowest BCUT2D eigenvalue weighted by molar-refractivity contribution is 1.09. The molecule has 0 aromatic carbocycles. The SMILES string of the molecule is Cc1ccc(/C(I)=C/C=C(\C=N)c2ncc(C)cn2)nc1. The number of allylic oxidation sites excluding steroid dienone is 3. The molecule has 106 valence electrons. The van der Waals surface area contributed by atoms with Crippen molar-refractivity contribution < 1.29 is 0 Å². The van der Waals surface area contributed by atoms with E-state index in [1.54, 1.807) is 12.4 Å². The lowest BCUT2D eigenvalue weighted by Gasteiger charge is -2.00. The molecule has 2 heterocycles. The van der Waals surface area contributed by atoms with Gasteiger partial charge in [-0.1, -0.05) is 6.07 Å². The van der Waals surface area contributed by atoms with Crippen molar-refractivity contribution in [3.8, 4) is 0 Å². The highest BCUT2D eigenvalue weighted by Gasteiger charge is 2.02. The van der Waals surface area contributed by atoms with Gasteiger partial charge in [0.1, 0.15) is 0 Å². The second-order valence-electron chi connectivity index (χ2n) is 4.59. The number of rotatable bonds is 4. The van der Waals surface area contributed by atoms with Gasteiger partial charge >= 0.3 is 0 Å². The molecule has 21 heavy (non-hydrogen) atoms. The van der Waals surface area contributed by atoms with Crippen molar-refractivity contribution in [3.05, 3.63) is 65.5 Å².